The summed E-state index contributed by atoms with van der Waals surface area (Å²) in [6.45, 7) is 1.72. The second kappa shape index (κ2) is 63.9. The number of carboxylic acids is 5. The van der Waals surface area contributed by atoms with Crippen LogP contribution in [-0.4, -0.2) is 159 Å². The van der Waals surface area contributed by atoms with Crippen LogP contribution in [0.1, 0.15) is 240 Å². The number of aliphatic carboxylic acids is 5. The van der Waals surface area contributed by atoms with Crippen LogP contribution in [0.4, 0.5) is 0 Å². The largest absolute Gasteiger partial charge is 1.00 e. The highest BCUT2D eigenvalue weighted by Crippen LogP contribution is 2.51. The third kappa shape index (κ3) is 35.8. The molecule has 0 spiro atoms. The van der Waals surface area contributed by atoms with Crippen LogP contribution in [-0.2, 0) is 95.4 Å². The number of carbonyl (C=O) groups is 12. The topological polar surface area (TPSA) is 404 Å². The van der Waals surface area contributed by atoms with Gasteiger partial charge in [-0.25, -0.2) is 0 Å². The van der Waals surface area contributed by atoms with Gasteiger partial charge in [0.15, 0.2) is 0 Å². The summed E-state index contributed by atoms with van der Waals surface area (Å²) in [4.78, 5) is 135. The number of methoxy groups -OCH3 is 6. The van der Waals surface area contributed by atoms with Crippen molar-refractivity contribution < 1.29 is 131 Å². The molecule has 12 rings (SSSR count). The van der Waals surface area contributed by atoms with Gasteiger partial charge in [0.25, 0.3) is 0 Å². The van der Waals surface area contributed by atoms with Gasteiger partial charge in [-0.05, 0) is 154 Å². The molecule has 0 bridgehead atoms. The van der Waals surface area contributed by atoms with Crippen molar-refractivity contribution in [3.63, 3.8) is 0 Å². The Hall–Kier alpha value is -10.2. The first-order valence-corrected chi connectivity index (χ1v) is 48.6. The number of ether oxygens (including phenoxy) is 6. The lowest BCUT2D eigenvalue weighted by atomic mass is 9.78. The van der Waals surface area contributed by atoms with E-state index in [-0.39, 0.29) is 78.3 Å². The Morgan fingerprint density at radius 2 is 0.496 bits per heavy atom. The lowest BCUT2D eigenvalue weighted by molar-refractivity contribution is -0.368. The average Bonchev–Trinajstić information content (AvgIpc) is 0.760. The number of hydrogen-bond acceptors (Lipinski definition) is 21. The van der Waals surface area contributed by atoms with Crippen molar-refractivity contribution in [2.75, 3.05) is 67.3 Å². The number of thioether (sulfide) groups is 2. The molecule has 0 saturated heterocycles. The molecule has 6 fully saturated rings. The summed E-state index contributed by atoms with van der Waals surface area (Å²) in [5.41, 5.74) is 11.9. The van der Waals surface area contributed by atoms with Crippen molar-refractivity contribution in [3.8, 4) is 0 Å². The van der Waals surface area contributed by atoms with Gasteiger partial charge in [-0.1, -0.05) is 278 Å². The number of quaternary nitrogens is 1. The number of unbranched alkanes of at least 4 members (excludes halogenated alkanes) is 6. The van der Waals surface area contributed by atoms with Crippen LogP contribution >= 0.6 is 23.5 Å². The Labute approximate surface area is 802 Å². The number of halogens is 1. The number of carboxylic acid groups (broad SMARTS) is 5. The molecule has 0 heterocycles. The fourth-order valence-corrected chi connectivity index (χ4v) is 21.8. The van der Waals surface area contributed by atoms with Crippen molar-refractivity contribution in [2.24, 2.45) is 71.0 Å². The van der Waals surface area contributed by atoms with Crippen molar-refractivity contribution in [1.29, 1.82) is 0 Å². The quantitative estimate of drug-likeness (QED) is 0.00732. The molecule has 12 atom stereocenters. The summed E-state index contributed by atoms with van der Waals surface area (Å²) in [5.74, 6) is -10.2. The highest BCUT2D eigenvalue weighted by atomic mass is 35.5. The van der Waals surface area contributed by atoms with Gasteiger partial charge in [0.05, 0.1) is 124 Å². The molecule has 0 radical (unpaired) electrons. The molecule has 1 amide bonds. The van der Waals surface area contributed by atoms with Crippen LogP contribution in [0.5, 0.6) is 0 Å². The maximum absolute atomic E-state index is 12.8. The van der Waals surface area contributed by atoms with E-state index in [0.717, 1.165) is 134 Å². The summed E-state index contributed by atoms with van der Waals surface area (Å²) in [7, 11) is 7.90. The van der Waals surface area contributed by atoms with E-state index in [9.17, 15) is 62.6 Å². The Kier molecular flexibility index (Phi) is 55.3. The minimum atomic E-state index is -1.13. The van der Waals surface area contributed by atoms with E-state index < -0.39 is 95.0 Å². The molecule has 8 N–H and O–H groups in total. The fourth-order valence-electron chi connectivity index (χ4n) is 18.7. The zero-order chi connectivity index (χ0) is 95.4. The van der Waals surface area contributed by atoms with Crippen LogP contribution in [0, 0.1) is 78.4 Å². The summed E-state index contributed by atoms with van der Waals surface area (Å²) in [6.07, 6.45) is 27.9. The lowest BCUT2D eigenvalue weighted by Gasteiger charge is -2.35. The number of carbonyl (C=O) groups excluding carboxylic acids is 8. The molecule has 6 aliphatic rings. The molecular weight excluding hydrogens is 1760 g/mol. The first-order valence-electron chi connectivity index (χ1n) is 46.6. The molecule has 6 saturated carbocycles. The van der Waals surface area contributed by atoms with Gasteiger partial charge < -0.3 is 82.2 Å². The summed E-state index contributed by atoms with van der Waals surface area (Å²) >= 11 is 4.08. The van der Waals surface area contributed by atoms with Crippen LogP contribution in [0.3, 0.4) is 0 Å². The minimum Gasteiger partial charge on any atom is -1.00 e. The molecule has 730 valence electrons. The Balaban J connectivity index is 0.000000425. The molecule has 6 aromatic carbocycles. The molecule has 0 aliphatic heterocycles. The van der Waals surface area contributed by atoms with E-state index in [1.165, 1.54) is 102 Å². The second-order valence-electron chi connectivity index (χ2n) is 34.0. The Morgan fingerprint density at radius 1 is 0.308 bits per heavy atom. The highest BCUT2D eigenvalue weighted by molar-refractivity contribution is 8.00. The predicted molar refractivity (Wildman–Crippen MR) is 509 cm³/mol. The average molecular weight is 1900 g/mol. The monoisotopic (exact) mass is 1900 g/mol. The van der Waals surface area contributed by atoms with E-state index in [0.29, 0.717) is 70.8 Å². The van der Waals surface area contributed by atoms with Crippen molar-refractivity contribution in [3.05, 3.63) is 223 Å². The standard InChI is InChI=1S/C34H41NO3S.C25H29NS.5C9H14O4.CH3.ClH/c1-38-33(37)31-24-14-13-23-30(31)32(36)35-25-15-2-3-16-26-39-34(27-17-7-4-8-18-27,28-19-9-5-10-20-28)29-21-11-6-12-22-29;26-20-12-1-2-13-21-27-25(22-14-6-3-7-15-22,23-16-8-4-9-17-23)24-18-10-5-11-19-24;5*1-13-9(12)7-5-3-2-4-6(7)8(10)11;;/h4-12,17-22,30-31H,2-3,13-16,23-26H2,1H3,(H,35,36);3-11,14-19H,1-2,12-13,20-21,26H2;5*6-7H,2-5H2,1H3,(H,10,11);1H3;1H/q;;;;;;;+1;/t30?,31-;;4*6?,7-;6-,7?;;/m1.11111../s1. The van der Waals surface area contributed by atoms with E-state index in [4.69, 9.17) is 25.2 Å². The van der Waals surface area contributed by atoms with Gasteiger partial charge in [-0.15, -0.1) is 23.5 Å². The maximum Gasteiger partial charge on any atom is 1.00 e. The number of benzene rings is 6. The van der Waals surface area contributed by atoms with Gasteiger partial charge in [0.1, 0.15) is 0 Å². The predicted octanol–water partition coefficient (Wildman–Crippen LogP) is 14.4. The van der Waals surface area contributed by atoms with Crippen LogP contribution in [0.2, 0.25) is 0 Å². The van der Waals surface area contributed by atoms with Crippen molar-refractivity contribution in [1.82, 2.24) is 5.32 Å². The van der Waals surface area contributed by atoms with Crippen LogP contribution in [0.15, 0.2) is 182 Å². The zero-order valence-corrected chi connectivity index (χ0v) is 81.0. The normalized spacial score (nSPS) is 21.1. The molecule has 6 aromatic rings. The summed E-state index contributed by atoms with van der Waals surface area (Å²) in [5, 5.41) is 49.1. The number of rotatable bonds is 33. The van der Waals surface area contributed by atoms with E-state index in [1.54, 1.807) is 0 Å². The Morgan fingerprint density at radius 3 is 0.707 bits per heavy atom. The van der Waals surface area contributed by atoms with Crippen LogP contribution < -0.4 is 28.6 Å². The van der Waals surface area contributed by atoms with Gasteiger partial charge in [0, 0.05) is 25.9 Å². The van der Waals surface area contributed by atoms with Gasteiger partial charge in [-0.2, -0.15) is 0 Å². The fraction of sp³-hybridized carbons (Fsp3) is 0.533. The maximum atomic E-state index is 12.8. The molecule has 6 unspecified atom stereocenters. The van der Waals surface area contributed by atoms with E-state index in [2.05, 4.69) is 228 Å². The van der Waals surface area contributed by atoms with Gasteiger partial charge in [0.2, 0.25) is 5.91 Å². The summed E-state index contributed by atoms with van der Waals surface area (Å²) < 4.78 is 27.3. The third-order valence-corrected chi connectivity index (χ3v) is 29.0. The number of esters is 6. The smallest absolute Gasteiger partial charge is 1.00 e. The van der Waals surface area contributed by atoms with Crippen LogP contribution in [0.25, 0.3) is 0 Å². The first-order chi connectivity index (χ1) is 63.4. The van der Waals surface area contributed by atoms with Crippen molar-refractivity contribution >= 4 is 95.1 Å². The summed E-state index contributed by atoms with van der Waals surface area (Å²) in [6, 6.07) is 65.4. The molecule has 25 nitrogen and oxygen atoms in total. The number of amides is 1. The third-order valence-electron chi connectivity index (χ3n) is 25.8. The molecular formula is C105H144ClN2O23S2+. The SMILES string of the molecule is COC(=O)C1CCCC[C@H]1C(=O)O.COC(=O)[C@@H]1CCCCC1C(=O)NCCCCCCSC(c1ccccc1)(c1ccccc1)c1ccccc1.COC(=O)[C@@H]1CCCCC1C(=O)O.COC(=O)[C@@H]1CCCCC1C(=O)O.COC(=O)[C@@H]1CCCCC1C(=O)O.COC(=O)[C@@H]1CCCCC1C(=O)[O-].[CH3+].[Cl-].[H+].[NH3+]CCCCCCSC(c1ccccc1)(c1ccccc1)c1ccccc1. The van der Waals surface area contributed by atoms with Gasteiger partial charge >= 0.3 is 61.1 Å². The lowest BCUT2D eigenvalue weighted by Crippen LogP contribution is -3.00. The molecule has 28 heteroatoms. The van der Waals surface area contributed by atoms with Gasteiger partial charge in [-0.3, -0.25) is 52.7 Å². The van der Waals surface area contributed by atoms with E-state index in [1.807, 2.05) is 11.8 Å². The van der Waals surface area contributed by atoms with Crippen molar-refractivity contribution in [2.45, 2.75) is 215 Å². The molecule has 0 aromatic heterocycles. The zero-order valence-electron chi connectivity index (χ0n) is 79.7. The number of nitrogens with one attached hydrogen (secondary N) is 1. The second-order valence-corrected chi connectivity index (χ2v) is 36.6. The minimum absolute atomic E-state index is 0. The first kappa shape index (κ1) is 115. The highest BCUT2D eigenvalue weighted by Gasteiger charge is 2.43. The van der Waals surface area contributed by atoms with E-state index >= 15 is 0 Å². The number of hydrogen-bond donors (Lipinski definition) is 6. The molecule has 6 aliphatic carbocycles. The molecule has 133 heavy (non-hydrogen) atoms. The Bertz CT molecular complexity index is 3950.